The number of aromatic nitrogens is 2. The molecule has 0 aliphatic heterocycles. The van der Waals surface area contributed by atoms with Crippen LogP contribution in [0, 0.1) is 0 Å². The van der Waals surface area contributed by atoms with Crippen LogP contribution in [0.1, 0.15) is 0 Å². The summed E-state index contributed by atoms with van der Waals surface area (Å²) in [5.41, 5.74) is 10.2. The molecule has 0 bridgehead atoms. The third-order valence-corrected chi connectivity index (χ3v) is 11.9. The van der Waals surface area contributed by atoms with Crippen LogP contribution in [0.5, 0.6) is 0 Å². The monoisotopic (exact) mass is 723 g/mol. The van der Waals surface area contributed by atoms with Crippen molar-refractivity contribution in [3.63, 3.8) is 0 Å². The number of para-hydroxylation sites is 3. The van der Waals surface area contributed by atoms with Gasteiger partial charge in [0.25, 0.3) is 0 Å². The van der Waals surface area contributed by atoms with Crippen LogP contribution in [0.2, 0.25) is 0 Å². The van der Waals surface area contributed by atoms with Crippen molar-refractivity contribution in [1.29, 1.82) is 0 Å². The van der Waals surface area contributed by atoms with Gasteiger partial charge in [-0.3, -0.25) is 0 Å². The Hall–Kier alpha value is -7.15. The second-order valence-electron chi connectivity index (χ2n) is 13.9. The topological polar surface area (TPSA) is 47.3 Å². The van der Waals surface area contributed by atoms with Gasteiger partial charge in [0.05, 0.1) is 22.1 Å². The van der Waals surface area contributed by atoms with Gasteiger partial charge in [-0.15, -0.1) is 11.3 Å². The number of hydrogen-bond donors (Lipinski definition) is 0. The highest BCUT2D eigenvalue weighted by molar-refractivity contribution is 7.25. The van der Waals surface area contributed by atoms with Crippen molar-refractivity contribution in [3.05, 3.63) is 176 Å². The number of nitrogens with zero attached hydrogens (tertiary/aromatic N) is 3. The SMILES string of the molecule is c1ccc(-c2nc3c(N(c4ccc5sc6ccccc6c5c4)c4ccc5c6ccccc6n(-c6ccccc6)c5c4)cc4oc5ccccc5c4c3o2)cc1. The molecule has 0 atom stereocenters. The molecule has 0 amide bonds. The molecule has 0 saturated heterocycles. The van der Waals surface area contributed by atoms with Gasteiger partial charge in [0, 0.05) is 65.0 Å². The summed E-state index contributed by atoms with van der Waals surface area (Å²) < 4.78 is 18.3. The molecule has 0 aliphatic rings. The van der Waals surface area contributed by atoms with Gasteiger partial charge in [0.1, 0.15) is 16.7 Å². The third-order valence-electron chi connectivity index (χ3n) is 10.8. The molecule has 4 heterocycles. The molecular formula is C49H29N3O2S. The van der Waals surface area contributed by atoms with Crippen LogP contribution in [0.15, 0.2) is 185 Å². The first-order valence-electron chi connectivity index (χ1n) is 18.4. The summed E-state index contributed by atoms with van der Waals surface area (Å²) in [7, 11) is 0. The number of anilines is 3. The lowest BCUT2D eigenvalue weighted by molar-refractivity contribution is 0.622. The molecule has 0 unspecified atom stereocenters. The molecule has 0 spiro atoms. The van der Waals surface area contributed by atoms with E-state index in [1.54, 1.807) is 0 Å². The third kappa shape index (κ3) is 4.55. The van der Waals surface area contributed by atoms with Crippen LogP contribution in [-0.2, 0) is 0 Å². The minimum absolute atomic E-state index is 0.563. The fraction of sp³-hybridized carbons (Fsp3) is 0. The Kier molecular flexibility index (Phi) is 6.44. The van der Waals surface area contributed by atoms with Gasteiger partial charge in [-0.1, -0.05) is 97.1 Å². The molecule has 8 aromatic carbocycles. The number of rotatable bonds is 5. The fourth-order valence-corrected chi connectivity index (χ4v) is 9.45. The molecule has 55 heavy (non-hydrogen) atoms. The largest absolute Gasteiger partial charge is 0.456 e. The highest BCUT2D eigenvalue weighted by atomic mass is 32.1. The van der Waals surface area contributed by atoms with Crippen LogP contribution < -0.4 is 4.90 Å². The van der Waals surface area contributed by atoms with Crippen LogP contribution in [0.3, 0.4) is 0 Å². The maximum absolute atomic E-state index is 6.80. The second-order valence-corrected chi connectivity index (χ2v) is 15.0. The van der Waals surface area contributed by atoms with Gasteiger partial charge in [-0.05, 0) is 72.8 Å². The number of furan rings is 1. The summed E-state index contributed by atoms with van der Waals surface area (Å²) in [6.07, 6.45) is 0. The van der Waals surface area contributed by atoms with Crippen molar-refractivity contribution in [3.8, 4) is 17.1 Å². The van der Waals surface area contributed by atoms with Gasteiger partial charge >= 0.3 is 0 Å². The van der Waals surface area contributed by atoms with E-state index in [0.29, 0.717) is 11.5 Å². The van der Waals surface area contributed by atoms with E-state index in [2.05, 4.69) is 137 Å². The smallest absolute Gasteiger partial charge is 0.227 e. The molecule has 12 rings (SSSR count). The fourth-order valence-electron chi connectivity index (χ4n) is 8.36. The Morgan fingerprint density at radius 1 is 0.491 bits per heavy atom. The van der Waals surface area contributed by atoms with E-state index in [-0.39, 0.29) is 0 Å². The lowest BCUT2D eigenvalue weighted by atomic mass is 10.1. The first kappa shape index (κ1) is 30.3. The van der Waals surface area contributed by atoms with Crippen molar-refractivity contribution in [2.24, 2.45) is 0 Å². The molecule has 0 fully saturated rings. The number of fused-ring (bicyclic) bond motifs is 11. The Bertz CT molecular complexity index is 3450. The van der Waals surface area contributed by atoms with Crippen molar-refractivity contribution in [2.75, 3.05) is 4.90 Å². The van der Waals surface area contributed by atoms with Crippen LogP contribution in [-0.4, -0.2) is 9.55 Å². The van der Waals surface area contributed by atoms with Gasteiger partial charge < -0.3 is 18.3 Å². The maximum atomic E-state index is 6.80. The molecule has 6 heteroatoms. The number of benzene rings is 8. The predicted molar refractivity (Wildman–Crippen MR) is 229 cm³/mol. The quantitative estimate of drug-likeness (QED) is 0.177. The summed E-state index contributed by atoms with van der Waals surface area (Å²) in [6, 6.07) is 61.9. The molecule has 5 nitrogen and oxygen atoms in total. The van der Waals surface area contributed by atoms with Crippen molar-refractivity contribution in [1.82, 2.24) is 9.55 Å². The summed E-state index contributed by atoms with van der Waals surface area (Å²) in [4.78, 5) is 7.63. The van der Waals surface area contributed by atoms with Gasteiger partial charge in [0.2, 0.25) is 5.89 Å². The molecule has 0 aliphatic carbocycles. The van der Waals surface area contributed by atoms with Crippen LogP contribution >= 0.6 is 11.3 Å². The molecule has 258 valence electrons. The normalized spacial score (nSPS) is 12.0. The Morgan fingerprint density at radius 2 is 1.16 bits per heavy atom. The highest BCUT2D eigenvalue weighted by Gasteiger charge is 2.26. The van der Waals surface area contributed by atoms with Gasteiger partial charge in [-0.2, -0.15) is 0 Å². The summed E-state index contributed by atoms with van der Waals surface area (Å²) in [5, 5.41) is 6.77. The van der Waals surface area contributed by atoms with E-state index in [4.69, 9.17) is 13.8 Å². The maximum Gasteiger partial charge on any atom is 0.227 e. The lowest BCUT2D eigenvalue weighted by Gasteiger charge is -2.26. The number of hydrogen-bond acceptors (Lipinski definition) is 5. The molecule has 0 saturated carbocycles. The molecular weight excluding hydrogens is 695 g/mol. The van der Waals surface area contributed by atoms with E-state index in [9.17, 15) is 0 Å². The Balaban J connectivity index is 1.20. The van der Waals surface area contributed by atoms with E-state index in [1.807, 2.05) is 59.9 Å². The van der Waals surface area contributed by atoms with Crippen LogP contribution in [0.25, 0.3) is 92.2 Å². The van der Waals surface area contributed by atoms with Gasteiger partial charge in [-0.25, -0.2) is 4.98 Å². The van der Waals surface area contributed by atoms with E-state index >= 15 is 0 Å². The predicted octanol–water partition coefficient (Wildman–Crippen LogP) is 14.3. The average molecular weight is 724 g/mol. The van der Waals surface area contributed by atoms with E-state index in [1.165, 1.54) is 30.9 Å². The van der Waals surface area contributed by atoms with Crippen LogP contribution in [0.4, 0.5) is 17.1 Å². The first-order chi connectivity index (χ1) is 27.3. The molecule has 4 aromatic heterocycles. The molecule has 12 aromatic rings. The zero-order valence-corrected chi connectivity index (χ0v) is 30.1. The molecule has 0 N–H and O–H groups in total. The van der Waals surface area contributed by atoms with Crippen molar-refractivity contribution >= 4 is 103 Å². The zero-order chi connectivity index (χ0) is 36.0. The number of thiophene rings is 1. The second kappa shape index (κ2) is 11.7. The minimum atomic E-state index is 0.563. The summed E-state index contributed by atoms with van der Waals surface area (Å²) >= 11 is 1.82. The lowest BCUT2D eigenvalue weighted by Crippen LogP contribution is -2.11. The first-order valence-corrected chi connectivity index (χ1v) is 19.2. The van der Waals surface area contributed by atoms with E-state index in [0.717, 1.165) is 66.8 Å². The summed E-state index contributed by atoms with van der Waals surface area (Å²) in [5.74, 6) is 0.563. The molecule has 0 radical (unpaired) electrons. The standard InChI is InChI=1S/C49H29N3O2S/c1-3-13-30(14-4-1)49-50-47-41(29-43-46(48(47)54-49)37-19-8-11-21-42(37)53-43)51(32-24-26-45-38(27-32)36-18-9-12-22-44(36)55-45)33-23-25-35-34-17-7-10-20-39(34)52(40(35)28-33)31-15-5-2-6-16-31/h1-29H. The summed E-state index contributed by atoms with van der Waals surface area (Å²) in [6.45, 7) is 0. The highest BCUT2D eigenvalue weighted by Crippen LogP contribution is 2.48. The average Bonchev–Trinajstić information content (AvgIpc) is 4.02. The van der Waals surface area contributed by atoms with Crippen molar-refractivity contribution < 1.29 is 8.83 Å². The minimum Gasteiger partial charge on any atom is -0.456 e. The Morgan fingerprint density at radius 3 is 2.04 bits per heavy atom. The zero-order valence-electron chi connectivity index (χ0n) is 29.3. The van der Waals surface area contributed by atoms with Crippen molar-refractivity contribution in [2.45, 2.75) is 0 Å². The Labute approximate surface area is 318 Å². The number of oxazole rings is 1. The van der Waals surface area contributed by atoms with E-state index < -0.39 is 0 Å². The van der Waals surface area contributed by atoms with Gasteiger partial charge in [0.15, 0.2) is 5.58 Å².